The van der Waals surface area contributed by atoms with Crippen LogP contribution in [0.25, 0.3) is 10.9 Å². The minimum absolute atomic E-state index is 0.148. The summed E-state index contributed by atoms with van der Waals surface area (Å²) in [7, 11) is 3.49. The topological polar surface area (TPSA) is 69.0 Å². The summed E-state index contributed by atoms with van der Waals surface area (Å²) in [5.41, 5.74) is 3.12. The average molecular weight is 310 g/mol. The van der Waals surface area contributed by atoms with Crippen LogP contribution < -0.4 is 10.1 Å². The largest absolute Gasteiger partial charge is 0.497 e. The molecule has 3 aromatic rings. The van der Waals surface area contributed by atoms with Crippen LogP contribution in [-0.2, 0) is 13.6 Å². The number of carbonyl (C=O) groups is 1. The zero-order chi connectivity index (χ0) is 16.4. The van der Waals surface area contributed by atoms with Gasteiger partial charge in [-0.1, -0.05) is 0 Å². The maximum atomic E-state index is 12.4. The number of nitrogens with one attached hydrogen (secondary N) is 1. The molecule has 23 heavy (non-hydrogen) atoms. The van der Waals surface area contributed by atoms with Crippen LogP contribution in [0.3, 0.4) is 0 Å². The van der Waals surface area contributed by atoms with Gasteiger partial charge in [-0.3, -0.25) is 14.8 Å². The van der Waals surface area contributed by atoms with Crippen molar-refractivity contribution in [2.24, 2.45) is 7.05 Å². The fourth-order valence-electron chi connectivity index (χ4n) is 2.43. The van der Waals surface area contributed by atoms with Gasteiger partial charge in [0, 0.05) is 24.7 Å². The molecular weight excluding hydrogens is 292 g/mol. The third kappa shape index (κ3) is 3.01. The van der Waals surface area contributed by atoms with Crippen molar-refractivity contribution in [3.05, 3.63) is 53.7 Å². The van der Waals surface area contributed by atoms with Crippen molar-refractivity contribution < 1.29 is 9.53 Å². The van der Waals surface area contributed by atoms with Crippen molar-refractivity contribution in [2.75, 3.05) is 7.11 Å². The van der Waals surface area contributed by atoms with E-state index in [1.807, 2.05) is 42.8 Å². The van der Waals surface area contributed by atoms with Gasteiger partial charge >= 0.3 is 0 Å². The van der Waals surface area contributed by atoms with Crippen LogP contribution in [0.5, 0.6) is 5.75 Å². The van der Waals surface area contributed by atoms with E-state index in [9.17, 15) is 4.79 Å². The highest BCUT2D eigenvalue weighted by molar-refractivity contribution is 5.98. The first-order valence-electron chi connectivity index (χ1n) is 7.27. The first-order valence-corrected chi connectivity index (χ1v) is 7.27. The van der Waals surface area contributed by atoms with Gasteiger partial charge < -0.3 is 14.6 Å². The van der Waals surface area contributed by atoms with Crippen LogP contribution in [0.2, 0.25) is 0 Å². The second-order valence-electron chi connectivity index (χ2n) is 5.35. The molecule has 0 unspecified atom stereocenters. The lowest BCUT2D eigenvalue weighted by atomic mass is 10.2. The molecular formula is C17H18N4O2. The number of ether oxygens (including phenoxy) is 1. The Bertz CT molecular complexity index is 853. The fraction of sp³-hybridized carbons (Fsp3) is 0.235. The molecule has 0 bridgehead atoms. The molecule has 0 spiro atoms. The van der Waals surface area contributed by atoms with Gasteiger partial charge in [0.15, 0.2) is 0 Å². The summed E-state index contributed by atoms with van der Waals surface area (Å²) in [6.07, 6.45) is 3.35. The predicted octanol–water partition coefficient (Wildman–Crippen LogP) is 2.22. The quantitative estimate of drug-likeness (QED) is 0.802. The first kappa shape index (κ1) is 15.0. The Hall–Kier alpha value is -2.89. The predicted molar refractivity (Wildman–Crippen MR) is 87.4 cm³/mol. The number of aryl methyl sites for hydroxylation is 2. The molecule has 6 nitrogen and oxygen atoms in total. The zero-order valence-corrected chi connectivity index (χ0v) is 13.3. The molecule has 0 aliphatic heterocycles. The lowest BCUT2D eigenvalue weighted by Gasteiger charge is -2.06. The number of fused-ring (bicyclic) bond motifs is 1. The molecule has 2 aromatic heterocycles. The van der Waals surface area contributed by atoms with Crippen molar-refractivity contribution in [3.8, 4) is 5.75 Å². The summed E-state index contributed by atoms with van der Waals surface area (Å²) in [6.45, 7) is 2.22. The molecule has 1 N–H and O–H groups in total. The van der Waals surface area contributed by atoms with E-state index < -0.39 is 0 Å². The molecule has 0 fully saturated rings. The van der Waals surface area contributed by atoms with Gasteiger partial charge in [0.25, 0.3) is 5.91 Å². The van der Waals surface area contributed by atoms with E-state index in [-0.39, 0.29) is 5.91 Å². The smallest absolute Gasteiger partial charge is 0.268 e. The molecule has 0 saturated heterocycles. The number of nitrogens with zero attached hydrogens (tertiary/aromatic N) is 3. The average Bonchev–Trinajstić information content (AvgIpc) is 2.90. The van der Waals surface area contributed by atoms with Gasteiger partial charge in [0.05, 0.1) is 36.8 Å². The van der Waals surface area contributed by atoms with Gasteiger partial charge in [-0.25, -0.2) is 0 Å². The molecule has 6 heteroatoms. The Balaban J connectivity index is 1.80. The zero-order valence-electron chi connectivity index (χ0n) is 13.3. The maximum Gasteiger partial charge on any atom is 0.268 e. The number of aromatic nitrogens is 3. The monoisotopic (exact) mass is 310 g/mol. The van der Waals surface area contributed by atoms with E-state index in [0.29, 0.717) is 12.2 Å². The molecule has 0 saturated carbocycles. The van der Waals surface area contributed by atoms with Gasteiger partial charge in [0.2, 0.25) is 0 Å². The first-order chi connectivity index (χ1) is 11.1. The third-order valence-electron chi connectivity index (χ3n) is 3.75. The van der Waals surface area contributed by atoms with Crippen LogP contribution in [0.4, 0.5) is 0 Å². The molecule has 0 atom stereocenters. The minimum atomic E-state index is -0.148. The van der Waals surface area contributed by atoms with Crippen LogP contribution in [0.1, 0.15) is 21.9 Å². The van der Waals surface area contributed by atoms with Crippen LogP contribution in [0.15, 0.2) is 36.7 Å². The van der Waals surface area contributed by atoms with Crippen LogP contribution >= 0.6 is 0 Å². The molecule has 0 aliphatic rings. The third-order valence-corrected chi connectivity index (χ3v) is 3.75. The molecule has 1 aromatic carbocycles. The van der Waals surface area contributed by atoms with Crippen LogP contribution in [0, 0.1) is 6.92 Å². The summed E-state index contributed by atoms with van der Waals surface area (Å²) in [6, 6.07) is 7.60. The molecule has 2 heterocycles. The Kier molecular flexibility index (Phi) is 3.97. The minimum Gasteiger partial charge on any atom is -0.497 e. The molecule has 118 valence electrons. The number of carbonyl (C=O) groups excluding carboxylic acids is 1. The van der Waals surface area contributed by atoms with Crippen molar-refractivity contribution >= 4 is 16.8 Å². The number of hydrogen-bond acceptors (Lipinski definition) is 4. The number of hydrogen-bond donors (Lipinski definition) is 1. The standard InChI is InChI=1S/C17H18N4O2/c1-11-8-19-13(9-18-11)10-20-17(22)16-6-12-4-5-14(23-3)7-15(12)21(16)2/h4-9H,10H2,1-3H3,(H,20,22). The van der Waals surface area contributed by atoms with Crippen molar-refractivity contribution in [3.63, 3.8) is 0 Å². The van der Waals surface area contributed by atoms with Crippen LogP contribution in [-0.4, -0.2) is 27.6 Å². The number of amides is 1. The summed E-state index contributed by atoms with van der Waals surface area (Å²) >= 11 is 0. The van der Waals surface area contributed by atoms with E-state index in [2.05, 4.69) is 15.3 Å². The SMILES string of the molecule is COc1ccc2cc(C(=O)NCc3cnc(C)cn3)n(C)c2c1. The molecule has 1 amide bonds. The molecule has 0 aliphatic carbocycles. The summed E-state index contributed by atoms with van der Waals surface area (Å²) in [4.78, 5) is 20.8. The number of rotatable bonds is 4. The number of methoxy groups -OCH3 is 1. The maximum absolute atomic E-state index is 12.4. The Morgan fingerprint density at radius 3 is 2.78 bits per heavy atom. The normalized spacial score (nSPS) is 10.7. The van der Waals surface area contributed by atoms with E-state index in [0.717, 1.165) is 28.0 Å². The fourth-order valence-corrected chi connectivity index (χ4v) is 2.43. The van der Waals surface area contributed by atoms with Gasteiger partial charge in [-0.15, -0.1) is 0 Å². The summed E-state index contributed by atoms with van der Waals surface area (Å²) < 4.78 is 7.09. The summed E-state index contributed by atoms with van der Waals surface area (Å²) in [5, 5.41) is 3.87. The van der Waals surface area contributed by atoms with Crippen molar-refractivity contribution in [1.29, 1.82) is 0 Å². The molecule has 0 radical (unpaired) electrons. The summed E-state index contributed by atoms with van der Waals surface area (Å²) in [5.74, 6) is 0.616. The highest BCUT2D eigenvalue weighted by Crippen LogP contribution is 2.23. The van der Waals surface area contributed by atoms with E-state index in [4.69, 9.17) is 4.74 Å². The highest BCUT2D eigenvalue weighted by atomic mass is 16.5. The van der Waals surface area contributed by atoms with E-state index >= 15 is 0 Å². The Morgan fingerprint density at radius 1 is 1.26 bits per heavy atom. The lowest BCUT2D eigenvalue weighted by Crippen LogP contribution is -2.25. The van der Waals surface area contributed by atoms with E-state index in [1.165, 1.54) is 0 Å². The Morgan fingerprint density at radius 2 is 2.09 bits per heavy atom. The second kappa shape index (κ2) is 6.08. The van der Waals surface area contributed by atoms with Crippen molar-refractivity contribution in [1.82, 2.24) is 19.9 Å². The lowest BCUT2D eigenvalue weighted by molar-refractivity contribution is 0.0942. The highest BCUT2D eigenvalue weighted by Gasteiger charge is 2.13. The van der Waals surface area contributed by atoms with Gasteiger partial charge in [-0.05, 0) is 25.1 Å². The van der Waals surface area contributed by atoms with Crippen molar-refractivity contribution in [2.45, 2.75) is 13.5 Å². The number of benzene rings is 1. The second-order valence-corrected chi connectivity index (χ2v) is 5.35. The van der Waals surface area contributed by atoms with Gasteiger partial charge in [-0.2, -0.15) is 0 Å². The van der Waals surface area contributed by atoms with E-state index in [1.54, 1.807) is 19.5 Å². The van der Waals surface area contributed by atoms with Gasteiger partial charge in [0.1, 0.15) is 11.4 Å². The Labute approximate surface area is 134 Å². The molecule has 3 rings (SSSR count).